The van der Waals surface area contributed by atoms with Gasteiger partial charge in [0.05, 0.1) is 0 Å². The predicted molar refractivity (Wildman–Crippen MR) is 31.3 cm³/mol. The third-order valence-electron chi connectivity index (χ3n) is 0.152. The standard InChI is InChI=1S/C2H2N2S2/c1-3-4-2(5)6/h(H2,4,5,6). The van der Waals surface area contributed by atoms with Crippen molar-refractivity contribution >= 4 is 29.2 Å². The summed E-state index contributed by atoms with van der Waals surface area (Å²) < 4.78 is 0.213. The fourth-order valence-corrected chi connectivity index (χ4v) is 0.143. The summed E-state index contributed by atoms with van der Waals surface area (Å²) in [7, 11) is 0. The highest BCUT2D eigenvalue weighted by Gasteiger charge is 1.78. The van der Waals surface area contributed by atoms with Gasteiger partial charge in [-0.05, 0) is 12.2 Å². The molecule has 4 heteroatoms. The van der Waals surface area contributed by atoms with E-state index < -0.39 is 0 Å². The average molecular weight is 118 g/mol. The largest absolute Gasteiger partial charge is 0.203 e. The van der Waals surface area contributed by atoms with Gasteiger partial charge in [0, 0.05) is 0 Å². The van der Waals surface area contributed by atoms with E-state index in [1.165, 1.54) is 0 Å². The molecule has 0 unspecified atom stereocenters. The molecule has 0 aromatic rings. The Morgan fingerprint density at radius 3 is 2.50 bits per heavy atom. The molecule has 1 N–H and O–H groups in total. The minimum absolute atomic E-state index is 0.213. The zero-order chi connectivity index (χ0) is 4.99. The lowest BCUT2D eigenvalue weighted by Crippen LogP contribution is -2.02. The van der Waals surface area contributed by atoms with Gasteiger partial charge in [-0.15, -0.1) is 12.6 Å². The maximum absolute atomic E-state index is 6.11. The molecular formula is C2H2N2S2. The van der Waals surface area contributed by atoms with Gasteiger partial charge in [0.1, 0.15) is 0 Å². The van der Waals surface area contributed by atoms with E-state index in [9.17, 15) is 0 Å². The van der Waals surface area contributed by atoms with Crippen LogP contribution in [0.1, 0.15) is 0 Å². The van der Waals surface area contributed by atoms with Crippen molar-refractivity contribution in [2.24, 2.45) is 0 Å². The maximum atomic E-state index is 6.11. The van der Waals surface area contributed by atoms with E-state index in [1.807, 2.05) is 0 Å². The lowest BCUT2D eigenvalue weighted by atomic mass is 11.5. The molecule has 0 aromatic heterocycles. The van der Waals surface area contributed by atoms with Gasteiger partial charge in [0.15, 0.2) is 0 Å². The number of thiocarbonyl (C=S) groups is 1. The van der Waals surface area contributed by atoms with Crippen LogP contribution in [0.5, 0.6) is 0 Å². The molecule has 0 rings (SSSR count). The van der Waals surface area contributed by atoms with Gasteiger partial charge in [0.2, 0.25) is 4.32 Å². The van der Waals surface area contributed by atoms with Crippen molar-refractivity contribution in [3.8, 4) is 0 Å². The van der Waals surface area contributed by atoms with Crippen LogP contribution in [0.2, 0.25) is 0 Å². The first kappa shape index (κ1) is 5.73. The molecule has 6 heavy (non-hydrogen) atoms. The maximum Gasteiger partial charge on any atom is 0.203 e. The number of nitrogens with zero attached hydrogens (tertiary/aromatic N) is 1. The second kappa shape index (κ2) is 2.94. The number of hydrogen-bond acceptors (Lipinski definition) is 1. The minimum atomic E-state index is 0.213. The van der Waals surface area contributed by atoms with Crippen molar-refractivity contribution in [1.82, 2.24) is 5.43 Å². The van der Waals surface area contributed by atoms with E-state index in [1.54, 1.807) is 0 Å². The molecule has 0 fully saturated rings. The second-order valence-electron chi connectivity index (χ2n) is 0.529. The number of thiol groups is 1. The lowest BCUT2D eigenvalue weighted by molar-refractivity contribution is 1.34. The first-order chi connectivity index (χ1) is 2.77. The summed E-state index contributed by atoms with van der Waals surface area (Å²) in [5.74, 6) is 0. The molecule has 32 valence electrons. The van der Waals surface area contributed by atoms with Gasteiger partial charge in [0.25, 0.3) is 0 Å². The van der Waals surface area contributed by atoms with Gasteiger partial charge in [-0.2, -0.15) is 11.5 Å². The van der Waals surface area contributed by atoms with Gasteiger partial charge in [-0.1, -0.05) is 5.43 Å². The van der Waals surface area contributed by atoms with Gasteiger partial charge in [-0.3, -0.25) is 0 Å². The molecule has 0 aromatic carbocycles. The van der Waals surface area contributed by atoms with E-state index >= 15 is 0 Å². The Hall–Kier alpha value is -0.270. The molecule has 0 aliphatic carbocycles. The molecule has 0 radical (unpaired) electrons. The first-order valence-electron chi connectivity index (χ1n) is 1.12. The Morgan fingerprint density at radius 1 is 2.00 bits per heavy atom. The van der Waals surface area contributed by atoms with Crippen LogP contribution in [-0.4, -0.2) is 4.32 Å². The average Bonchev–Trinajstić information content (AvgIpc) is 1.35. The Balaban J connectivity index is 3.13. The van der Waals surface area contributed by atoms with Crippen molar-refractivity contribution in [2.75, 3.05) is 0 Å². The Kier molecular flexibility index (Phi) is 2.81. The third-order valence-corrected chi connectivity index (χ3v) is 0.343. The van der Waals surface area contributed by atoms with E-state index in [-0.39, 0.29) is 4.32 Å². The summed E-state index contributed by atoms with van der Waals surface area (Å²) in [6.45, 7) is 6.11. The third kappa shape index (κ3) is 3.73. The summed E-state index contributed by atoms with van der Waals surface area (Å²) in [5.41, 5.74) is 2.10. The highest BCUT2D eigenvalue weighted by Crippen LogP contribution is 1.73. The fourth-order valence-electron chi connectivity index (χ4n) is 0.0478. The van der Waals surface area contributed by atoms with Crippen LogP contribution in [-0.2, 0) is 0 Å². The van der Waals surface area contributed by atoms with Crippen LogP contribution in [0, 0.1) is 6.57 Å². The smallest absolute Gasteiger partial charge is 0.184 e. The van der Waals surface area contributed by atoms with Crippen molar-refractivity contribution in [3.05, 3.63) is 11.5 Å². The summed E-state index contributed by atoms with van der Waals surface area (Å²) in [6.07, 6.45) is 0. The monoisotopic (exact) mass is 118 g/mol. The summed E-state index contributed by atoms with van der Waals surface area (Å²) in [6, 6.07) is 0. The molecular weight excluding hydrogens is 116 g/mol. The molecule has 0 saturated heterocycles. The molecule has 0 saturated carbocycles. The molecule has 0 amide bonds. The van der Waals surface area contributed by atoms with Crippen molar-refractivity contribution in [2.45, 2.75) is 0 Å². The lowest BCUT2D eigenvalue weighted by Gasteiger charge is -1.75. The van der Waals surface area contributed by atoms with Gasteiger partial charge in [-0.25, -0.2) is 0 Å². The summed E-state index contributed by atoms with van der Waals surface area (Å²) in [4.78, 5) is 2.72. The number of rotatable bonds is 0. The van der Waals surface area contributed by atoms with Gasteiger partial charge >= 0.3 is 0 Å². The van der Waals surface area contributed by atoms with Crippen LogP contribution >= 0.6 is 24.8 Å². The molecule has 0 aliphatic rings. The quantitative estimate of drug-likeness (QED) is 0.210. The van der Waals surface area contributed by atoms with Crippen LogP contribution in [0.4, 0.5) is 0 Å². The molecule has 0 atom stereocenters. The van der Waals surface area contributed by atoms with E-state index in [4.69, 9.17) is 6.57 Å². The minimum Gasteiger partial charge on any atom is -0.184 e. The molecule has 0 heterocycles. The number of nitrogens with one attached hydrogen (secondary N) is 1. The number of hydrogen-bond donors (Lipinski definition) is 2. The van der Waals surface area contributed by atoms with Crippen molar-refractivity contribution in [1.29, 1.82) is 0 Å². The molecule has 0 aliphatic heterocycles. The zero-order valence-corrected chi connectivity index (χ0v) is 4.51. The van der Waals surface area contributed by atoms with E-state index in [0.717, 1.165) is 0 Å². The zero-order valence-electron chi connectivity index (χ0n) is 2.80. The van der Waals surface area contributed by atoms with Crippen LogP contribution in [0.25, 0.3) is 4.95 Å². The Morgan fingerprint density at radius 2 is 2.50 bits per heavy atom. The SMILES string of the molecule is [C-]#[N+]NC(=S)S. The normalized spacial score (nSPS) is 6.00. The second-order valence-corrected chi connectivity index (χ2v) is 1.69. The summed E-state index contributed by atoms with van der Waals surface area (Å²) >= 11 is 7.92. The highest BCUT2D eigenvalue weighted by atomic mass is 32.1. The van der Waals surface area contributed by atoms with Crippen LogP contribution in [0.3, 0.4) is 0 Å². The highest BCUT2D eigenvalue weighted by molar-refractivity contribution is 8.11. The summed E-state index contributed by atoms with van der Waals surface area (Å²) in [5, 5.41) is 0. The van der Waals surface area contributed by atoms with Crippen LogP contribution in [0.15, 0.2) is 0 Å². The van der Waals surface area contributed by atoms with Crippen LogP contribution < -0.4 is 5.43 Å². The molecule has 2 nitrogen and oxygen atoms in total. The van der Waals surface area contributed by atoms with Gasteiger partial charge < -0.3 is 0 Å². The van der Waals surface area contributed by atoms with E-state index in [2.05, 4.69) is 35.2 Å². The molecule has 0 spiro atoms. The first-order valence-corrected chi connectivity index (χ1v) is 1.98. The Labute approximate surface area is 46.7 Å². The molecule has 0 bridgehead atoms. The topological polar surface area (TPSA) is 16.4 Å². The van der Waals surface area contributed by atoms with Crippen molar-refractivity contribution in [3.63, 3.8) is 0 Å². The Bertz CT molecular complexity index is 92.2. The van der Waals surface area contributed by atoms with Crippen molar-refractivity contribution < 1.29 is 0 Å². The predicted octanol–water partition coefficient (Wildman–Crippen LogP) is 0.625. The fraction of sp³-hybridized carbons (Fsp3) is 0. The van der Waals surface area contributed by atoms with E-state index in [0.29, 0.717) is 0 Å².